The molecule has 0 unspecified atom stereocenters. The first kappa shape index (κ1) is 9.39. The summed E-state index contributed by atoms with van der Waals surface area (Å²) in [5.41, 5.74) is 6.38. The Morgan fingerprint density at radius 2 is 2.08 bits per heavy atom. The number of para-hydroxylation sites is 1. The molecule has 0 fully saturated rings. The van der Waals surface area contributed by atoms with E-state index in [-0.39, 0.29) is 6.10 Å². The van der Waals surface area contributed by atoms with Crippen LogP contribution in [0, 0.1) is 0 Å². The summed E-state index contributed by atoms with van der Waals surface area (Å²) in [5.74, 6) is 0.729. The standard InChI is InChI=1S/C9H12BrNO/c1-6(2)12-9-7(10)4-3-5-8(9)11/h3-6H,11H2,1-2H3. The molecule has 0 aliphatic rings. The van der Waals surface area contributed by atoms with Gasteiger partial charge < -0.3 is 10.5 Å². The molecule has 0 heterocycles. The van der Waals surface area contributed by atoms with E-state index in [0.29, 0.717) is 5.69 Å². The van der Waals surface area contributed by atoms with Crippen molar-refractivity contribution in [3.05, 3.63) is 22.7 Å². The Kier molecular flexibility index (Phi) is 2.98. The van der Waals surface area contributed by atoms with Gasteiger partial charge in [-0.25, -0.2) is 0 Å². The van der Waals surface area contributed by atoms with Gasteiger partial charge in [0.2, 0.25) is 0 Å². The molecule has 2 nitrogen and oxygen atoms in total. The van der Waals surface area contributed by atoms with Gasteiger partial charge in [-0.1, -0.05) is 6.07 Å². The van der Waals surface area contributed by atoms with Crippen molar-refractivity contribution in [2.24, 2.45) is 0 Å². The number of benzene rings is 1. The summed E-state index contributed by atoms with van der Waals surface area (Å²) in [7, 11) is 0. The third kappa shape index (κ3) is 2.14. The Labute approximate surface area is 80.8 Å². The molecule has 0 saturated heterocycles. The first-order valence-electron chi connectivity index (χ1n) is 3.82. The Morgan fingerprint density at radius 1 is 1.42 bits per heavy atom. The molecule has 2 N–H and O–H groups in total. The second-order valence-corrected chi connectivity index (χ2v) is 3.68. The Balaban J connectivity index is 2.96. The molecule has 1 rings (SSSR count). The molecule has 0 spiro atoms. The van der Waals surface area contributed by atoms with E-state index in [1.54, 1.807) is 0 Å². The molecule has 0 aromatic heterocycles. The summed E-state index contributed by atoms with van der Waals surface area (Å²) >= 11 is 3.37. The van der Waals surface area contributed by atoms with Crippen LogP contribution in [-0.2, 0) is 0 Å². The third-order valence-corrected chi connectivity index (χ3v) is 1.98. The monoisotopic (exact) mass is 229 g/mol. The minimum absolute atomic E-state index is 0.144. The molecular formula is C9H12BrNO. The van der Waals surface area contributed by atoms with Gasteiger partial charge in [0.15, 0.2) is 5.75 Å². The zero-order chi connectivity index (χ0) is 9.14. The van der Waals surface area contributed by atoms with Crippen molar-refractivity contribution in [1.29, 1.82) is 0 Å². The lowest BCUT2D eigenvalue weighted by molar-refractivity contribution is 0.242. The second kappa shape index (κ2) is 3.81. The van der Waals surface area contributed by atoms with Crippen LogP contribution >= 0.6 is 15.9 Å². The van der Waals surface area contributed by atoms with Crippen LogP contribution in [0.3, 0.4) is 0 Å². The summed E-state index contributed by atoms with van der Waals surface area (Å²) in [6.07, 6.45) is 0.144. The summed E-state index contributed by atoms with van der Waals surface area (Å²) in [6, 6.07) is 5.61. The van der Waals surface area contributed by atoms with Gasteiger partial charge in [0, 0.05) is 0 Å². The van der Waals surface area contributed by atoms with Crippen LogP contribution in [-0.4, -0.2) is 6.10 Å². The van der Waals surface area contributed by atoms with Crippen LogP contribution in [0.1, 0.15) is 13.8 Å². The number of nitrogen functional groups attached to an aromatic ring is 1. The number of hydrogen-bond donors (Lipinski definition) is 1. The highest BCUT2D eigenvalue weighted by Crippen LogP contribution is 2.31. The fraction of sp³-hybridized carbons (Fsp3) is 0.333. The van der Waals surface area contributed by atoms with Gasteiger partial charge in [0.25, 0.3) is 0 Å². The normalized spacial score (nSPS) is 10.3. The average molecular weight is 230 g/mol. The third-order valence-electron chi connectivity index (χ3n) is 1.35. The largest absolute Gasteiger partial charge is 0.488 e. The van der Waals surface area contributed by atoms with Crippen molar-refractivity contribution in [2.45, 2.75) is 20.0 Å². The topological polar surface area (TPSA) is 35.2 Å². The Bertz CT molecular complexity index is 253. The van der Waals surface area contributed by atoms with Gasteiger partial charge >= 0.3 is 0 Å². The fourth-order valence-corrected chi connectivity index (χ4v) is 1.36. The van der Waals surface area contributed by atoms with Crippen molar-refractivity contribution >= 4 is 21.6 Å². The van der Waals surface area contributed by atoms with Crippen LogP contribution in [0.4, 0.5) is 5.69 Å². The van der Waals surface area contributed by atoms with Crippen molar-refractivity contribution in [2.75, 3.05) is 5.73 Å². The highest BCUT2D eigenvalue weighted by molar-refractivity contribution is 9.10. The molecule has 1 aromatic carbocycles. The van der Waals surface area contributed by atoms with E-state index in [9.17, 15) is 0 Å². The predicted octanol–water partition coefficient (Wildman–Crippen LogP) is 2.82. The maximum Gasteiger partial charge on any atom is 0.156 e. The molecule has 0 radical (unpaired) electrons. The summed E-state index contributed by atoms with van der Waals surface area (Å²) in [5, 5.41) is 0. The maximum absolute atomic E-state index is 5.71. The highest BCUT2D eigenvalue weighted by atomic mass is 79.9. The molecule has 0 aliphatic carbocycles. The Morgan fingerprint density at radius 3 is 2.58 bits per heavy atom. The number of halogens is 1. The van der Waals surface area contributed by atoms with Crippen molar-refractivity contribution < 1.29 is 4.74 Å². The van der Waals surface area contributed by atoms with E-state index in [1.807, 2.05) is 32.0 Å². The molecule has 66 valence electrons. The van der Waals surface area contributed by atoms with E-state index in [4.69, 9.17) is 10.5 Å². The lowest BCUT2D eigenvalue weighted by atomic mass is 10.3. The fourth-order valence-electron chi connectivity index (χ4n) is 0.886. The molecule has 0 saturated carbocycles. The number of ether oxygens (including phenoxy) is 1. The lowest BCUT2D eigenvalue weighted by Crippen LogP contribution is -2.07. The number of rotatable bonds is 2. The molecular weight excluding hydrogens is 218 g/mol. The summed E-state index contributed by atoms with van der Waals surface area (Å²) in [6.45, 7) is 3.94. The number of hydrogen-bond acceptors (Lipinski definition) is 2. The summed E-state index contributed by atoms with van der Waals surface area (Å²) < 4.78 is 6.40. The first-order valence-corrected chi connectivity index (χ1v) is 4.61. The van der Waals surface area contributed by atoms with Gasteiger partial charge in [-0.05, 0) is 41.9 Å². The summed E-state index contributed by atoms with van der Waals surface area (Å²) in [4.78, 5) is 0. The van der Waals surface area contributed by atoms with Crippen LogP contribution < -0.4 is 10.5 Å². The van der Waals surface area contributed by atoms with Crippen LogP contribution in [0.5, 0.6) is 5.75 Å². The zero-order valence-corrected chi connectivity index (χ0v) is 8.76. The second-order valence-electron chi connectivity index (χ2n) is 2.82. The van der Waals surface area contributed by atoms with Gasteiger partial charge in [-0.2, -0.15) is 0 Å². The molecule has 0 atom stereocenters. The molecule has 0 aliphatic heterocycles. The van der Waals surface area contributed by atoms with E-state index in [0.717, 1.165) is 10.2 Å². The Hall–Kier alpha value is -0.700. The average Bonchev–Trinajstić information content (AvgIpc) is 1.97. The van der Waals surface area contributed by atoms with E-state index in [1.165, 1.54) is 0 Å². The minimum atomic E-state index is 0.144. The molecule has 1 aromatic rings. The molecule has 0 bridgehead atoms. The van der Waals surface area contributed by atoms with E-state index < -0.39 is 0 Å². The van der Waals surface area contributed by atoms with E-state index in [2.05, 4.69) is 15.9 Å². The first-order chi connectivity index (χ1) is 5.61. The van der Waals surface area contributed by atoms with Crippen molar-refractivity contribution in [1.82, 2.24) is 0 Å². The number of anilines is 1. The SMILES string of the molecule is CC(C)Oc1c(N)cccc1Br. The molecule has 0 amide bonds. The van der Waals surface area contributed by atoms with E-state index >= 15 is 0 Å². The van der Waals surface area contributed by atoms with Crippen molar-refractivity contribution in [3.8, 4) is 5.75 Å². The molecule has 12 heavy (non-hydrogen) atoms. The van der Waals surface area contributed by atoms with Crippen LogP contribution in [0.2, 0.25) is 0 Å². The lowest BCUT2D eigenvalue weighted by Gasteiger charge is -2.13. The molecule has 3 heteroatoms. The smallest absolute Gasteiger partial charge is 0.156 e. The highest BCUT2D eigenvalue weighted by Gasteiger charge is 2.06. The minimum Gasteiger partial charge on any atom is -0.488 e. The van der Waals surface area contributed by atoms with Crippen LogP contribution in [0.15, 0.2) is 22.7 Å². The number of nitrogens with two attached hydrogens (primary N) is 1. The quantitative estimate of drug-likeness (QED) is 0.793. The van der Waals surface area contributed by atoms with Gasteiger partial charge in [0.05, 0.1) is 16.3 Å². The van der Waals surface area contributed by atoms with Gasteiger partial charge in [0.1, 0.15) is 0 Å². The van der Waals surface area contributed by atoms with Crippen molar-refractivity contribution in [3.63, 3.8) is 0 Å². The van der Waals surface area contributed by atoms with Gasteiger partial charge in [-0.3, -0.25) is 0 Å². The van der Waals surface area contributed by atoms with Crippen LogP contribution in [0.25, 0.3) is 0 Å². The zero-order valence-electron chi connectivity index (χ0n) is 7.17. The maximum atomic E-state index is 5.71. The van der Waals surface area contributed by atoms with Gasteiger partial charge in [-0.15, -0.1) is 0 Å². The predicted molar refractivity (Wildman–Crippen MR) is 54.3 cm³/mol.